The van der Waals surface area contributed by atoms with Gasteiger partial charge in [0.05, 0.1) is 12.8 Å². The Kier molecular flexibility index (Phi) is 4.31. The van der Waals surface area contributed by atoms with Gasteiger partial charge in [0.2, 0.25) is 10.0 Å². The van der Waals surface area contributed by atoms with Crippen molar-refractivity contribution >= 4 is 15.7 Å². The zero-order chi connectivity index (χ0) is 16.3. The average molecular weight is 331 g/mol. The van der Waals surface area contributed by atoms with Gasteiger partial charge >= 0.3 is 0 Å². The maximum atomic E-state index is 12.4. The van der Waals surface area contributed by atoms with Crippen LogP contribution in [0.2, 0.25) is 0 Å². The van der Waals surface area contributed by atoms with Gasteiger partial charge in [-0.25, -0.2) is 18.1 Å². The van der Waals surface area contributed by atoms with Crippen LogP contribution in [0, 0.1) is 0 Å². The minimum Gasteiger partial charge on any atom is -0.495 e. The highest BCUT2D eigenvalue weighted by Gasteiger charge is 2.18. The lowest BCUT2D eigenvalue weighted by atomic mass is 10.3. The molecule has 0 saturated heterocycles. The fourth-order valence-corrected chi connectivity index (χ4v) is 3.54. The standard InChI is InChI=1S/C16H17N3O3S/c1-22-14-6-2-3-7-15(14)23(20,21)17-10-9-13-12-19-11-5-4-8-16(19)18-13/h2-8,11-12,17H,9-10H2,1H3. The molecule has 0 radical (unpaired) electrons. The molecule has 3 aromatic rings. The van der Waals surface area contributed by atoms with E-state index in [1.54, 1.807) is 18.2 Å². The summed E-state index contributed by atoms with van der Waals surface area (Å²) in [5.41, 5.74) is 1.68. The molecule has 23 heavy (non-hydrogen) atoms. The molecular formula is C16H17N3O3S. The summed E-state index contributed by atoms with van der Waals surface area (Å²) in [7, 11) is -2.16. The van der Waals surface area contributed by atoms with Crippen molar-refractivity contribution in [2.24, 2.45) is 0 Å². The van der Waals surface area contributed by atoms with Crippen LogP contribution >= 0.6 is 0 Å². The first-order valence-corrected chi connectivity index (χ1v) is 8.64. The minimum atomic E-state index is -3.61. The van der Waals surface area contributed by atoms with Crippen LogP contribution in [0.4, 0.5) is 0 Å². The lowest BCUT2D eigenvalue weighted by Crippen LogP contribution is -2.26. The van der Waals surface area contributed by atoms with Gasteiger partial charge < -0.3 is 9.14 Å². The first-order valence-electron chi connectivity index (χ1n) is 7.15. The molecule has 1 N–H and O–H groups in total. The highest BCUT2D eigenvalue weighted by Crippen LogP contribution is 2.22. The third-order valence-corrected chi connectivity index (χ3v) is 4.95. The zero-order valence-electron chi connectivity index (χ0n) is 12.6. The number of fused-ring (bicyclic) bond motifs is 1. The molecule has 0 aliphatic rings. The number of rotatable bonds is 6. The Morgan fingerprint density at radius 3 is 2.74 bits per heavy atom. The third kappa shape index (κ3) is 3.35. The van der Waals surface area contributed by atoms with E-state index in [9.17, 15) is 8.42 Å². The van der Waals surface area contributed by atoms with Crippen LogP contribution in [0.1, 0.15) is 5.69 Å². The van der Waals surface area contributed by atoms with E-state index in [1.807, 2.05) is 35.0 Å². The van der Waals surface area contributed by atoms with Crippen molar-refractivity contribution in [1.82, 2.24) is 14.1 Å². The number of ether oxygens (including phenoxy) is 1. The molecule has 0 fully saturated rings. The fraction of sp³-hybridized carbons (Fsp3) is 0.188. The Labute approximate surface area is 134 Å². The minimum absolute atomic E-state index is 0.137. The van der Waals surface area contributed by atoms with Gasteiger partial charge in [-0.15, -0.1) is 0 Å². The monoisotopic (exact) mass is 331 g/mol. The number of benzene rings is 1. The van der Waals surface area contributed by atoms with E-state index in [0.29, 0.717) is 12.2 Å². The molecule has 0 aliphatic heterocycles. The van der Waals surface area contributed by atoms with Gasteiger partial charge in [0, 0.05) is 25.4 Å². The Balaban J connectivity index is 1.69. The molecule has 0 aliphatic carbocycles. The molecule has 0 bridgehead atoms. The number of methoxy groups -OCH3 is 1. The highest BCUT2D eigenvalue weighted by molar-refractivity contribution is 7.89. The second kappa shape index (κ2) is 6.39. The number of nitrogens with zero attached hydrogens (tertiary/aromatic N) is 2. The largest absolute Gasteiger partial charge is 0.495 e. The third-order valence-electron chi connectivity index (χ3n) is 3.45. The van der Waals surface area contributed by atoms with Gasteiger partial charge in [-0.2, -0.15) is 0 Å². The number of hydrogen-bond donors (Lipinski definition) is 1. The topological polar surface area (TPSA) is 72.7 Å². The second-order valence-corrected chi connectivity index (χ2v) is 6.73. The number of aromatic nitrogens is 2. The van der Waals surface area contributed by atoms with E-state index in [4.69, 9.17) is 4.74 Å². The van der Waals surface area contributed by atoms with E-state index in [0.717, 1.165) is 11.3 Å². The Morgan fingerprint density at radius 2 is 1.96 bits per heavy atom. The number of para-hydroxylation sites is 1. The van der Waals surface area contributed by atoms with Crippen molar-refractivity contribution in [3.63, 3.8) is 0 Å². The normalized spacial score (nSPS) is 11.7. The van der Waals surface area contributed by atoms with E-state index in [1.165, 1.54) is 13.2 Å². The molecule has 6 nitrogen and oxygen atoms in total. The molecule has 3 rings (SSSR count). The van der Waals surface area contributed by atoms with Gasteiger partial charge in [-0.1, -0.05) is 18.2 Å². The Bertz CT molecular complexity index is 886. The summed E-state index contributed by atoms with van der Waals surface area (Å²) in [5, 5.41) is 0. The smallest absolute Gasteiger partial charge is 0.244 e. The molecule has 0 spiro atoms. The fourth-order valence-electron chi connectivity index (χ4n) is 2.34. The van der Waals surface area contributed by atoms with Gasteiger partial charge in [-0.05, 0) is 24.3 Å². The van der Waals surface area contributed by atoms with Crippen LogP contribution in [-0.2, 0) is 16.4 Å². The highest BCUT2D eigenvalue weighted by atomic mass is 32.2. The van der Waals surface area contributed by atoms with Crippen molar-refractivity contribution in [3.8, 4) is 5.75 Å². The van der Waals surface area contributed by atoms with Crippen molar-refractivity contribution in [3.05, 3.63) is 60.6 Å². The van der Waals surface area contributed by atoms with E-state index < -0.39 is 10.0 Å². The molecule has 2 aromatic heterocycles. The summed E-state index contributed by atoms with van der Waals surface area (Å²) in [6, 6.07) is 12.3. The maximum absolute atomic E-state index is 12.4. The quantitative estimate of drug-likeness (QED) is 0.748. The Hall–Kier alpha value is -2.38. The predicted octanol–water partition coefficient (Wildman–Crippen LogP) is 1.86. The predicted molar refractivity (Wildman–Crippen MR) is 87.1 cm³/mol. The number of pyridine rings is 1. The molecule has 0 amide bonds. The molecule has 0 unspecified atom stereocenters. The summed E-state index contributed by atoms with van der Waals surface area (Å²) in [4.78, 5) is 4.58. The number of nitrogens with one attached hydrogen (secondary N) is 1. The van der Waals surface area contributed by atoms with Crippen LogP contribution in [0.5, 0.6) is 5.75 Å². The van der Waals surface area contributed by atoms with Crippen molar-refractivity contribution in [2.75, 3.05) is 13.7 Å². The lowest BCUT2D eigenvalue weighted by Gasteiger charge is -2.09. The van der Waals surface area contributed by atoms with E-state index in [-0.39, 0.29) is 11.4 Å². The van der Waals surface area contributed by atoms with Crippen LogP contribution < -0.4 is 9.46 Å². The van der Waals surface area contributed by atoms with Crippen molar-refractivity contribution in [2.45, 2.75) is 11.3 Å². The molecule has 2 heterocycles. The van der Waals surface area contributed by atoms with Gasteiger partial charge in [0.25, 0.3) is 0 Å². The van der Waals surface area contributed by atoms with Gasteiger partial charge in [-0.3, -0.25) is 0 Å². The molecule has 7 heteroatoms. The zero-order valence-corrected chi connectivity index (χ0v) is 13.5. The molecular weight excluding hydrogens is 314 g/mol. The van der Waals surface area contributed by atoms with E-state index >= 15 is 0 Å². The average Bonchev–Trinajstić information content (AvgIpc) is 2.97. The van der Waals surface area contributed by atoms with Gasteiger partial charge in [0.15, 0.2) is 0 Å². The number of sulfonamides is 1. The second-order valence-electron chi connectivity index (χ2n) is 5.00. The van der Waals surface area contributed by atoms with E-state index in [2.05, 4.69) is 9.71 Å². The maximum Gasteiger partial charge on any atom is 0.244 e. The van der Waals surface area contributed by atoms with Crippen LogP contribution in [-0.4, -0.2) is 31.5 Å². The Morgan fingerprint density at radius 1 is 1.17 bits per heavy atom. The molecule has 0 saturated carbocycles. The number of hydrogen-bond acceptors (Lipinski definition) is 4. The molecule has 1 aromatic carbocycles. The number of imidazole rings is 1. The molecule has 0 atom stereocenters. The van der Waals surface area contributed by atoms with Gasteiger partial charge in [0.1, 0.15) is 16.3 Å². The summed E-state index contributed by atoms with van der Waals surface area (Å²) < 4.78 is 34.3. The summed E-state index contributed by atoms with van der Waals surface area (Å²) in [5.74, 6) is 0.327. The first-order chi connectivity index (χ1) is 11.1. The van der Waals surface area contributed by atoms with Crippen molar-refractivity contribution in [1.29, 1.82) is 0 Å². The molecule has 120 valence electrons. The summed E-state index contributed by atoms with van der Waals surface area (Å²) in [6.07, 6.45) is 4.31. The first kappa shape index (κ1) is 15.5. The van der Waals surface area contributed by atoms with Crippen LogP contribution in [0.15, 0.2) is 59.8 Å². The van der Waals surface area contributed by atoms with Crippen LogP contribution in [0.3, 0.4) is 0 Å². The van der Waals surface area contributed by atoms with Crippen LogP contribution in [0.25, 0.3) is 5.65 Å². The summed E-state index contributed by atoms with van der Waals surface area (Å²) in [6.45, 7) is 0.268. The lowest BCUT2D eigenvalue weighted by molar-refractivity contribution is 0.402. The SMILES string of the molecule is COc1ccccc1S(=O)(=O)NCCc1cn2ccccc2n1. The summed E-state index contributed by atoms with van der Waals surface area (Å²) >= 11 is 0. The van der Waals surface area contributed by atoms with Crippen molar-refractivity contribution < 1.29 is 13.2 Å².